The second-order valence-electron chi connectivity index (χ2n) is 2.56. The third kappa shape index (κ3) is 4.52. The Morgan fingerprint density at radius 3 is 1.89 bits per heavy atom. The highest BCUT2D eigenvalue weighted by atomic mass is 32.2. The van der Waals surface area contributed by atoms with Gasteiger partial charge in [-0.05, 0) is 5.92 Å². The van der Waals surface area contributed by atoms with Crippen LogP contribution in [0.2, 0.25) is 0 Å². The molecular formula is C7H14OS. The third-order valence-corrected chi connectivity index (χ3v) is 2.54. The second-order valence-corrected chi connectivity index (χ2v) is 4.11. The van der Waals surface area contributed by atoms with Gasteiger partial charge in [-0.3, -0.25) is 4.79 Å². The smallest absolute Gasteiger partial charge is 0.186 e. The van der Waals surface area contributed by atoms with Gasteiger partial charge in [0.05, 0.1) is 0 Å². The Kier molecular flexibility index (Phi) is 3.95. The molecule has 0 bridgehead atoms. The first-order valence-electron chi connectivity index (χ1n) is 3.21. The fourth-order valence-corrected chi connectivity index (χ4v) is 1.19. The minimum Gasteiger partial charge on any atom is -0.288 e. The van der Waals surface area contributed by atoms with Crippen molar-refractivity contribution in [3.63, 3.8) is 0 Å². The molecule has 0 rings (SSSR count). The summed E-state index contributed by atoms with van der Waals surface area (Å²) in [5.74, 6) is 0.596. The van der Waals surface area contributed by atoms with Crippen LogP contribution in [0.5, 0.6) is 0 Å². The molecule has 0 aliphatic heterocycles. The van der Waals surface area contributed by atoms with Crippen molar-refractivity contribution in [3.05, 3.63) is 0 Å². The summed E-state index contributed by atoms with van der Waals surface area (Å²) in [6, 6.07) is 0. The van der Waals surface area contributed by atoms with E-state index in [0.717, 1.165) is 0 Å². The quantitative estimate of drug-likeness (QED) is 0.594. The Hall–Kier alpha value is 0.0200. The van der Waals surface area contributed by atoms with Crippen LogP contribution in [0.4, 0.5) is 0 Å². The average Bonchev–Trinajstić information content (AvgIpc) is 1.63. The van der Waals surface area contributed by atoms with Crippen LogP contribution in [-0.2, 0) is 4.79 Å². The zero-order valence-corrected chi connectivity index (χ0v) is 7.29. The van der Waals surface area contributed by atoms with Gasteiger partial charge in [0.1, 0.15) is 0 Å². The lowest BCUT2D eigenvalue weighted by Gasteiger charge is -2.11. The van der Waals surface area contributed by atoms with Gasteiger partial charge in [0, 0.05) is 12.2 Å². The number of thioether (sulfide) groups is 1. The predicted molar refractivity (Wildman–Crippen MR) is 42.6 cm³/mol. The first-order chi connectivity index (χ1) is 4.04. The van der Waals surface area contributed by atoms with Crippen molar-refractivity contribution in [3.8, 4) is 0 Å². The monoisotopic (exact) mass is 146 g/mol. The largest absolute Gasteiger partial charge is 0.288 e. The van der Waals surface area contributed by atoms with Crippen LogP contribution < -0.4 is 0 Å². The van der Waals surface area contributed by atoms with E-state index < -0.39 is 0 Å². The Labute approximate surface area is 61.2 Å². The van der Waals surface area contributed by atoms with E-state index in [1.165, 1.54) is 11.8 Å². The third-order valence-electron chi connectivity index (χ3n) is 1.29. The van der Waals surface area contributed by atoms with Crippen LogP contribution >= 0.6 is 11.8 Å². The fraction of sp³-hybridized carbons (Fsp3) is 0.857. The van der Waals surface area contributed by atoms with Gasteiger partial charge in [0.15, 0.2) is 5.12 Å². The molecular weight excluding hydrogens is 132 g/mol. The van der Waals surface area contributed by atoms with E-state index in [1.54, 1.807) is 6.92 Å². The van der Waals surface area contributed by atoms with Crippen LogP contribution in [0.25, 0.3) is 0 Å². The maximum Gasteiger partial charge on any atom is 0.186 e. The molecule has 0 amide bonds. The standard InChI is InChI=1S/C7H14OS/c1-5(2)6(3)9-7(4)8/h5-6H,1-4H3. The molecule has 0 saturated heterocycles. The summed E-state index contributed by atoms with van der Waals surface area (Å²) in [6.45, 7) is 7.95. The van der Waals surface area contributed by atoms with Gasteiger partial charge in [-0.25, -0.2) is 0 Å². The number of rotatable bonds is 2. The van der Waals surface area contributed by atoms with Gasteiger partial charge in [-0.1, -0.05) is 32.5 Å². The molecule has 1 unspecified atom stereocenters. The SMILES string of the molecule is CC(=O)SC(C)C(C)C. The molecule has 0 radical (unpaired) electrons. The van der Waals surface area contributed by atoms with Gasteiger partial charge in [0.2, 0.25) is 0 Å². The van der Waals surface area contributed by atoms with Crippen molar-refractivity contribution < 1.29 is 4.79 Å². The highest BCUT2D eigenvalue weighted by Gasteiger charge is 2.08. The number of carbonyl (C=O) groups is 1. The number of hydrogen-bond donors (Lipinski definition) is 0. The van der Waals surface area contributed by atoms with Gasteiger partial charge in [-0.2, -0.15) is 0 Å². The predicted octanol–water partition coefficient (Wildman–Crippen LogP) is 2.31. The molecule has 0 spiro atoms. The Morgan fingerprint density at radius 2 is 1.78 bits per heavy atom. The molecule has 0 aromatic rings. The topological polar surface area (TPSA) is 17.1 Å². The summed E-state index contributed by atoms with van der Waals surface area (Å²) >= 11 is 1.42. The molecule has 9 heavy (non-hydrogen) atoms. The van der Waals surface area contributed by atoms with Crippen molar-refractivity contribution in [2.45, 2.75) is 32.9 Å². The summed E-state index contributed by atoms with van der Waals surface area (Å²) in [4.78, 5) is 10.5. The molecule has 0 aromatic heterocycles. The van der Waals surface area contributed by atoms with Gasteiger partial charge in [-0.15, -0.1) is 0 Å². The van der Waals surface area contributed by atoms with Crippen LogP contribution in [0, 0.1) is 5.92 Å². The van der Waals surface area contributed by atoms with E-state index in [-0.39, 0.29) is 5.12 Å². The molecule has 0 aromatic carbocycles. The van der Waals surface area contributed by atoms with Crippen molar-refractivity contribution in [1.29, 1.82) is 0 Å². The van der Waals surface area contributed by atoms with E-state index in [0.29, 0.717) is 11.2 Å². The maximum atomic E-state index is 10.5. The molecule has 1 atom stereocenters. The van der Waals surface area contributed by atoms with Crippen LogP contribution in [0.3, 0.4) is 0 Å². The summed E-state index contributed by atoms with van der Waals surface area (Å²) in [6.07, 6.45) is 0. The highest BCUT2D eigenvalue weighted by Crippen LogP contribution is 2.18. The van der Waals surface area contributed by atoms with Crippen molar-refractivity contribution in [2.24, 2.45) is 5.92 Å². The molecule has 0 saturated carbocycles. The first-order valence-corrected chi connectivity index (χ1v) is 4.09. The molecule has 2 heteroatoms. The molecule has 54 valence electrons. The van der Waals surface area contributed by atoms with Gasteiger partial charge < -0.3 is 0 Å². The number of hydrogen-bond acceptors (Lipinski definition) is 2. The molecule has 1 nitrogen and oxygen atoms in total. The maximum absolute atomic E-state index is 10.5. The molecule has 0 aliphatic carbocycles. The summed E-state index contributed by atoms with van der Waals surface area (Å²) < 4.78 is 0. The highest BCUT2D eigenvalue weighted by molar-refractivity contribution is 8.14. The lowest BCUT2D eigenvalue weighted by molar-refractivity contribution is -0.109. The van der Waals surface area contributed by atoms with Gasteiger partial charge >= 0.3 is 0 Å². The summed E-state index contributed by atoms with van der Waals surface area (Å²) in [7, 11) is 0. The average molecular weight is 146 g/mol. The lowest BCUT2D eigenvalue weighted by atomic mass is 10.2. The van der Waals surface area contributed by atoms with Crippen LogP contribution in [0.1, 0.15) is 27.7 Å². The van der Waals surface area contributed by atoms with Crippen molar-refractivity contribution in [2.75, 3.05) is 0 Å². The van der Waals surface area contributed by atoms with Crippen molar-refractivity contribution >= 4 is 16.9 Å². The van der Waals surface area contributed by atoms with E-state index in [2.05, 4.69) is 20.8 Å². The van der Waals surface area contributed by atoms with Crippen molar-refractivity contribution in [1.82, 2.24) is 0 Å². The van der Waals surface area contributed by atoms with E-state index in [9.17, 15) is 4.79 Å². The minimum absolute atomic E-state index is 0.219. The minimum atomic E-state index is 0.219. The normalized spacial score (nSPS) is 13.9. The Morgan fingerprint density at radius 1 is 1.33 bits per heavy atom. The van der Waals surface area contributed by atoms with E-state index >= 15 is 0 Å². The fourth-order valence-electron chi connectivity index (χ4n) is 0.398. The van der Waals surface area contributed by atoms with E-state index in [4.69, 9.17) is 0 Å². The Bertz CT molecular complexity index is 99.1. The van der Waals surface area contributed by atoms with Gasteiger partial charge in [0.25, 0.3) is 0 Å². The van der Waals surface area contributed by atoms with Crippen LogP contribution in [0.15, 0.2) is 0 Å². The number of carbonyl (C=O) groups excluding carboxylic acids is 1. The summed E-state index contributed by atoms with van der Waals surface area (Å²) in [5.41, 5.74) is 0. The first kappa shape index (κ1) is 9.02. The zero-order valence-electron chi connectivity index (χ0n) is 6.47. The summed E-state index contributed by atoms with van der Waals surface area (Å²) in [5, 5.41) is 0.679. The molecule has 0 fully saturated rings. The Balaban J connectivity index is 3.50. The molecule has 0 aliphatic rings. The van der Waals surface area contributed by atoms with E-state index in [1.807, 2.05) is 0 Å². The molecule has 0 heterocycles. The lowest BCUT2D eigenvalue weighted by Crippen LogP contribution is -2.07. The molecule has 0 N–H and O–H groups in total. The zero-order chi connectivity index (χ0) is 7.44. The van der Waals surface area contributed by atoms with Crippen LogP contribution in [-0.4, -0.2) is 10.4 Å². The second kappa shape index (κ2) is 3.94.